The first kappa shape index (κ1) is 15.7. The van der Waals surface area contributed by atoms with Gasteiger partial charge in [0.1, 0.15) is 5.82 Å². The van der Waals surface area contributed by atoms with E-state index in [0.717, 1.165) is 42.0 Å². The quantitative estimate of drug-likeness (QED) is 0.876. The Balaban J connectivity index is 2.42. The molecular weight excluding hydrogens is 265 g/mol. The molecule has 1 aromatic heterocycles. The van der Waals surface area contributed by atoms with Crippen LogP contribution in [0.2, 0.25) is 0 Å². The Morgan fingerprint density at radius 1 is 1.24 bits per heavy atom. The van der Waals surface area contributed by atoms with Crippen LogP contribution in [0.3, 0.4) is 0 Å². The smallest absolute Gasteiger partial charge is 0.127 e. The van der Waals surface area contributed by atoms with E-state index in [2.05, 4.69) is 24.3 Å². The van der Waals surface area contributed by atoms with E-state index < -0.39 is 0 Å². The summed E-state index contributed by atoms with van der Waals surface area (Å²) in [5, 5.41) is 7.78. The molecule has 0 aliphatic rings. The molecule has 0 saturated heterocycles. The lowest BCUT2D eigenvalue weighted by Crippen LogP contribution is -2.13. The average molecular weight is 289 g/mol. The summed E-state index contributed by atoms with van der Waals surface area (Å²) in [7, 11) is 0. The van der Waals surface area contributed by atoms with Gasteiger partial charge in [-0.05, 0) is 44.5 Å². The van der Waals surface area contributed by atoms with E-state index >= 15 is 0 Å². The molecule has 0 fully saturated rings. The van der Waals surface area contributed by atoms with Crippen LogP contribution in [0.1, 0.15) is 37.2 Å². The van der Waals surface area contributed by atoms with E-state index in [-0.39, 0.29) is 5.82 Å². The van der Waals surface area contributed by atoms with Crippen LogP contribution in [0.4, 0.5) is 4.39 Å². The number of aryl methyl sites for hydroxylation is 2. The summed E-state index contributed by atoms with van der Waals surface area (Å²) >= 11 is 0. The Kier molecular flexibility index (Phi) is 5.12. The first-order valence-corrected chi connectivity index (χ1v) is 7.62. The largest absolute Gasteiger partial charge is 0.313 e. The first-order valence-electron chi connectivity index (χ1n) is 7.62. The van der Waals surface area contributed by atoms with Crippen molar-refractivity contribution in [2.75, 3.05) is 6.54 Å². The van der Waals surface area contributed by atoms with Crippen molar-refractivity contribution in [3.8, 4) is 11.1 Å². The van der Waals surface area contributed by atoms with E-state index in [1.54, 1.807) is 6.07 Å². The summed E-state index contributed by atoms with van der Waals surface area (Å²) in [5.41, 5.74) is 5.02. The molecule has 114 valence electrons. The molecule has 4 heteroatoms. The maximum atomic E-state index is 13.9. The molecule has 0 spiro atoms. The average Bonchev–Trinajstić information content (AvgIpc) is 2.73. The minimum Gasteiger partial charge on any atom is -0.313 e. The van der Waals surface area contributed by atoms with Gasteiger partial charge in [-0.2, -0.15) is 5.10 Å². The normalized spacial score (nSPS) is 11.1. The third-order valence-electron chi connectivity index (χ3n) is 3.72. The van der Waals surface area contributed by atoms with Gasteiger partial charge < -0.3 is 5.32 Å². The standard InChI is InChI=1S/C17H24FN3/c1-5-9-21-13(4)17(12(3)20-21)14-7-8-16(18)15(10-14)11-19-6-2/h7-8,10,19H,5-6,9,11H2,1-4H3. The Morgan fingerprint density at radius 3 is 2.67 bits per heavy atom. The van der Waals surface area contributed by atoms with Crippen molar-refractivity contribution >= 4 is 0 Å². The van der Waals surface area contributed by atoms with E-state index in [1.807, 2.05) is 30.7 Å². The fourth-order valence-electron chi connectivity index (χ4n) is 2.67. The minimum atomic E-state index is -0.157. The van der Waals surface area contributed by atoms with Gasteiger partial charge in [0.15, 0.2) is 0 Å². The Labute approximate surface area is 126 Å². The number of halogens is 1. The maximum Gasteiger partial charge on any atom is 0.127 e. The number of nitrogens with zero attached hydrogens (tertiary/aromatic N) is 2. The van der Waals surface area contributed by atoms with Gasteiger partial charge in [0.05, 0.1) is 5.69 Å². The van der Waals surface area contributed by atoms with Crippen LogP contribution < -0.4 is 5.32 Å². The van der Waals surface area contributed by atoms with Gasteiger partial charge in [-0.25, -0.2) is 4.39 Å². The fraction of sp³-hybridized carbons (Fsp3) is 0.471. The summed E-state index contributed by atoms with van der Waals surface area (Å²) < 4.78 is 15.9. The molecule has 0 bridgehead atoms. The van der Waals surface area contributed by atoms with Crippen molar-refractivity contribution in [2.45, 2.75) is 47.2 Å². The highest BCUT2D eigenvalue weighted by molar-refractivity contribution is 5.69. The minimum absolute atomic E-state index is 0.157. The first-order chi connectivity index (χ1) is 10.1. The third kappa shape index (κ3) is 3.32. The van der Waals surface area contributed by atoms with Gasteiger partial charge in [0.2, 0.25) is 0 Å². The molecule has 0 atom stereocenters. The molecule has 21 heavy (non-hydrogen) atoms. The third-order valence-corrected chi connectivity index (χ3v) is 3.72. The maximum absolute atomic E-state index is 13.9. The molecule has 0 amide bonds. The number of aromatic nitrogens is 2. The Morgan fingerprint density at radius 2 is 2.00 bits per heavy atom. The lowest BCUT2D eigenvalue weighted by atomic mass is 10.0. The van der Waals surface area contributed by atoms with Crippen molar-refractivity contribution in [2.24, 2.45) is 0 Å². The molecule has 1 aromatic carbocycles. The number of nitrogens with one attached hydrogen (secondary N) is 1. The van der Waals surface area contributed by atoms with Gasteiger partial charge in [-0.3, -0.25) is 4.68 Å². The summed E-state index contributed by atoms with van der Waals surface area (Å²) in [6.45, 7) is 10.6. The number of hydrogen-bond donors (Lipinski definition) is 1. The molecule has 0 aliphatic carbocycles. The molecule has 1 N–H and O–H groups in total. The van der Waals surface area contributed by atoms with E-state index in [1.165, 1.54) is 0 Å². The molecule has 0 saturated carbocycles. The fourth-order valence-corrected chi connectivity index (χ4v) is 2.67. The van der Waals surface area contributed by atoms with Gasteiger partial charge in [-0.15, -0.1) is 0 Å². The number of rotatable bonds is 6. The van der Waals surface area contributed by atoms with Gasteiger partial charge in [0, 0.05) is 29.9 Å². The van der Waals surface area contributed by atoms with Crippen molar-refractivity contribution < 1.29 is 4.39 Å². The topological polar surface area (TPSA) is 29.9 Å². The molecule has 1 heterocycles. The predicted octanol–water partition coefficient (Wildman–Crippen LogP) is 3.83. The van der Waals surface area contributed by atoms with Crippen molar-refractivity contribution in [3.63, 3.8) is 0 Å². The van der Waals surface area contributed by atoms with E-state index in [9.17, 15) is 4.39 Å². The summed E-state index contributed by atoms with van der Waals surface area (Å²) in [6.07, 6.45) is 1.05. The monoisotopic (exact) mass is 289 g/mol. The van der Waals surface area contributed by atoms with Crippen LogP contribution in [-0.4, -0.2) is 16.3 Å². The Bertz CT molecular complexity index is 617. The number of hydrogen-bond acceptors (Lipinski definition) is 2. The van der Waals surface area contributed by atoms with E-state index in [0.29, 0.717) is 12.1 Å². The van der Waals surface area contributed by atoms with Crippen LogP contribution in [0.25, 0.3) is 11.1 Å². The highest BCUT2D eigenvalue weighted by Crippen LogP contribution is 2.28. The second-order valence-electron chi connectivity index (χ2n) is 5.36. The second kappa shape index (κ2) is 6.85. The van der Waals surface area contributed by atoms with Crippen LogP contribution in [0, 0.1) is 19.7 Å². The lowest BCUT2D eigenvalue weighted by molar-refractivity contribution is 0.583. The second-order valence-corrected chi connectivity index (χ2v) is 5.36. The molecule has 2 rings (SSSR count). The molecule has 0 radical (unpaired) electrons. The lowest BCUT2D eigenvalue weighted by Gasteiger charge is -2.08. The van der Waals surface area contributed by atoms with Gasteiger partial charge in [0.25, 0.3) is 0 Å². The highest BCUT2D eigenvalue weighted by Gasteiger charge is 2.14. The zero-order valence-electron chi connectivity index (χ0n) is 13.3. The SMILES string of the molecule is CCCn1nc(C)c(-c2ccc(F)c(CNCC)c2)c1C. The van der Waals surface area contributed by atoms with Gasteiger partial charge >= 0.3 is 0 Å². The molecule has 2 aromatic rings. The van der Waals surface area contributed by atoms with Crippen LogP contribution >= 0.6 is 0 Å². The Hall–Kier alpha value is -1.68. The van der Waals surface area contributed by atoms with Crippen LogP contribution in [0.5, 0.6) is 0 Å². The van der Waals surface area contributed by atoms with E-state index in [4.69, 9.17) is 0 Å². The summed E-state index contributed by atoms with van der Waals surface area (Å²) in [6, 6.07) is 5.33. The van der Waals surface area contributed by atoms with Crippen LogP contribution in [0.15, 0.2) is 18.2 Å². The molecule has 3 nitrogen and oxygen atoms in total. The zero-order valence-corrected chi connectivity index (χ0v) is 13.3. The highest BCUT2D eigenvalue weighted by atomic mass is 19.1. The van der Waals surface area contributed by atoms with Crippen LogP contribution in [-0.2, 0) is 13.1 Å². The predicted molar refractivity (Wildman–Crippen MR) is 84.8 cm³/mol. The summed E-state index contributed by atoms with van der Waals surface area (Å²) in [5.74, 6) is -0.157. The molecule has 0 aliphatic heterocycles. The zero-order chi connectivity index (χ0) is 15.4. The number of benzene rings is 1. The van der Waals surface area contributed by atoms with Gasteiger partial charge in [-0.1, -0.05) is 19.9 Å². The molecular formula is C17H24FN3. The summed E-state index contributed by atoms with van der Waals surface area (Å²) in [4.78, 5) is 0. The van der Waals surface area contributed by atoms with Crippen molar-refractivity contribution in [3.05, 3.63) is 41.0 Å². The van der Waals surface area contributed by atoms with Crippen molar-refractivity contribution in [1.29, 1.82) is 0 Å². The van der Waals surface area contributed by atoms with Crippen molar-refractivity contribution in [1.82, 2.24) is 15.1 Å². The molecule has 0 unspecified atom stereocenters.